The number of hydrogen-bond acceptors (Lipinski definition) is 2. The van der Waals surface area contributed by atoms with Gasteiger partial charge < -0.3 is 5.11 Å². The Kier molecular flexibility index (Phi) is 2.81. The van der Waals surface area contributed by atoms with Gasteiger partial charge in [-0.05, 0) is 17.7 Å². The molecule has 0 aliphatic heterocycles. The van der Waals surface area contributed by atoms with Gasteiger partial charge in [-0.3, -0.25) is 4.98 Å². The summed E-state index contributed by atoms with van der Waals surface area (Å²) in [5.41, 5.74) is 1.08. The summed E-state index contributed by atoms with van der Waals surface area (Å²) >= 11 is 0. The molecule has 11 heavy (non-hydrogen) atoms. The molecule has 0 aromatic carbocycles. The van der Waals surface area contributed by atoms with E-state index in [-0.39, 0.29) is 0 Å². The van der Waals surface area contributed by atoms with Gasteiger partial charge in [-0.1, -0.05) is 6.08 Å². The molecule has 1 unspecified atom stereocenters. The van der Waals surface area contributed by atoms with Gasteiger partial charge in [0.05, 0.1) is 6.10 Å². The van der Waals surface area contributed by atoms with Crippen molar-refractivity contribution in [2.75, 3.05) is 0 Å². The first kappa shape index (κ1) is 7.95. The van der Waals surface area contributed by atoms with Gasteiger partial charge in [-0.15, -0.1) is 6.58 Å². The van der Waals surface area contributed by atoms with Crippen molar-refractivity contribution in [3.8, 4) is 0 Å². The Hall–Kier alpha value is -1.15. The molecule has 2 nitrogen and oxygen atoms in total. The molecule has 0 bridgehead atoms. The van der Waals surface area contributed by atoms with E-state index < -0.39 is 6.10 Å². The number of nitrogens with zero attached hydrogens (tertiary/aromatic N) is 1. The Morgan fingerprint density at radius 3 is 2.73 bits per heavy atom. The van der Waals surface area contributed by atoms with Crippen LogP contribution in [0.2, 0.25) is 0 Å². The summed E-state index contributed by atoms with van der Waals surface area (Å²) in [5.74, 6) is 0. The first-order valence-corrected chi connectivity index (χ1v) is 3.52. The highest BCUT2D eigenvalue weighted by Gasteiger charge is 1.98. The van der Waals surface area contributed by atoms with Crippen LogP contribution in [0.25, 0.3) is 0 Å². The van der Waals surface area contributed by atoms with Gasteiger partial charge in [0.1, 0.15) is 0 Å². The van der Waals surface area contributed by atoms with Crippen molar-refractivity contribution in [2.24, 2.45) is 0 Å². The number of hydrogen-bond donors (Lipinski definition) is 1. The van der Waals surface area contributed by atoms with Crippen molar-refractivity contribution < 1.29 is 5.11 Å². The van der Waals surface area contributed by atoms with E-state index in [1.54, 1.807) is 12.4 Å². The standard InChI is InChI=1S/C9H11NO/c1-2-9(11)7-8-3-5-10-6-4-8/h2-6,9,11H,1,7H2. The zero-order valence-corrected chi connectivity index (χ0v) is 6.27. The fourth-order valence-corrected chi connectivity index (χ4v) is 0.844. The predicted octanol–water partition coefficient (Wildman–Crippen LogP) is 1.17. The van der Waals surface area contributed by atoms with Gasteiger partial charge >= 0.3 is 0 Å². The second-order valence-corrected chi connectivity index (χ2v) is 2.36. The molecule has 0 spiro atoms. The molecular formula is C9H11NO. The average molecular weight is 149 g/mol. The smallest absolute Gasteiger partial charge is 0.0758 e. The molecule has 2 heteroatoms. The highest BCUT2D eigenvalue weighted by atomic mass is 16.3. The van der Waals surface area contributed by atoms with Crippen LogP contribution in [0, 0.1) is 0 Å². The maximum atomic E-state index is 9.17. The van der Waals surface area contributed by atoms with Crippen molar-refractivity contribution in [2.45, 2.75) is 12.5 Å². The summed E-state index contributed by atoms with van der Waals surface area (Å²) in [6.07, 6.45) is 5.13. The van der Waals surface area contributed by atoms with Crippen LogP contribution in [0.5, 0.6) is 0 Å². The van der Waals surface area contributed by atoms with Gasteiger partial charge in [0, 0.05) is 18.8 Å². The normalized spacial score (nSPS) is 12.5. The van der Waals surface area contributed by atoms with E-state index in [2.05, 4.69) is 11.6 Å². The Balaban J connectivity index is 2.57. The molecule has 1 atom stereocenters. The first-order chi connectivity index (χ1) is 5.33. The van der Waals surface area contributed by atoms with Crippen LogP contribution < -0.4 is 0 Å². The zero-order valence-electron chi connectivity index (χ0n) is 6.27. The van der Waals surface area contributed by atoms with Crippen LogP contribution in [0.4, 0.5) is 0 Å². The summed E-state index contributed by atoms with van der Waals surface area (Å²) in [7, 11) is 0. The largest absolute Gasteiger partial charge is 0.389 e. The van der Waals surface area contributed by atoms with Crippen molar-refractivity contribution in [1.82, 2.24) is 4.98 Å². The second kappa shape index (κ2) is 3.88. The lowest BCUT2D eigenvalue weighted by molar-refractivity contribution is 0.224. The van der Waals surface area contributed by atoms with E-state index in [1.807, 2.05) is 12.1 Å². The lowest BCUT2D eigenvalue weighted by Crippen LogP contribution is -2.05. The highest BCUT2D eigenvalue weighted by molar-refractivity contribution is 5.11. The third-order valence-electron chi connectivity index (χ3n) is 1.47. The van der Waals surface area contributed by atoms with Crippen LogP contribution in [0.1, 0.15) is 5.56 Å². The number of aliphatic hydroxyl groups is 1. The van der Waals surface area contributed by atoms with Gasteiger partial charge in [-0.2, -0.15) is 0 Å². The highest BCUT2D eigenvalue weighted by Crippen LogP contribution is 2.01. The number of rotatable bonds is 3. The van der Waals surface area contributed by atoms with Crippen LogP contribution in [0.3, 0.4) is 0 Å². The number of aliphatic hydroxyl groups excluding tert-OH is 1. The van der Waals surface area contributed by atoms with Crippen LogP contribution >= 0.6 is 0 Å². The molecule has 0 aliphatic rings. The molecule has 0 radical (unpaired) electrons. The minimum atomic E-state index is -0.447. The SMILES string of the molecule is C=CC(O)Cc1ccncc1. The maximum Gasteiger partial charge on any atom is 0.0758 e. The Bertz CT molecular complexity index is 220. The third-order valence-corrected chi connectivity index (χ3v) is 1.47. The van der Waals surface area contributed by atoms with E-state index in [9.17, 15) is 5.11 Å². The van der Waals surface area contributed by atoms with E-state index in [4.69, 9.17) is 0 Å². The fraction of sp³-hybridized carbons (Fsp3) is 0.222. The van der Waals surface area contributed by atoms with Crippen molar-refractivity contribution in [1.29, 1.82) is 0 Å². The Morgan fingerprint density at radius 1 is 1.55 bits per heavy atom. The van der Waals surface area contributed by atoms with Crippen LogP contribution in [-0.4, -0.2) is 16.2 Å². The Labute approximate surface area is 66.2 Å². The van der Waals surface area contributed by atoms with Gasteiger partial charge in [0.2, 0.25) is 0 Å². The molecule has 58 valence electrons. The zero-order chi connectivity index (χ0) is 8.10. The van der Waals surface area contributed by atoms with E-state index in [0.29, 0.717) is 6.42 Å². The van der Waals surface area contributed by atoms with Gasteiger partial charge in [-0.25, -0.2) is 0 Å². The summed E-state index contributed by atoms with van der Waals surface area (Å²) < 4.78 is 0. The summed E-state index contributed by atoms with van der Waals surface area (Å²) in [6, 6.07) is 3.76. The molecular weight excluding hydrogens is 138 g/mol. The van der Waals surface area contributed by atoms with Crippen molar-refractivity contribution in [3.63, 3.8) is 0 Å². The molecule has 1 N–H and O–H groups in total. The summed E-state index contributed by atoms with van der Waals surface area (Å²) in [6.45, 7) is 3.49. The van der Waals surface area contributed by atoms with Gasteiger partial charge in [0.15, 0.2) is 0 Å². The minimum Gasteiger partial charge on any atom is -0.389 e. The van der Waals surface area contributed by atoms with Crippen molar-refractivity contribution in [3.05, 3.63) is 42.7 Å². The van der Waals surface area contributed by atoms with E-state index in [1.165, 1.54) is 6.08 Å². The lowest BCUT2D eigenvalue weighted by atomic mass is 10.1. The molecule has 1 aromatic rings. The molecule has 1 rings (SSSR count). The number of pyridine rings is 1. The molecule has 1 aromatic heterocycles. The van der Waals surface area contributed by atoms with Crippen LogP contribution in [-0.2, 0) is 6.42 Å². The minimum absolute atomic E-state index is 0.447. The molecule has 0 aliphatic carbocycles. The second-order valence-electron chi connectivity index (χ2n) is 2.36. The quantitative estimate of drug-likeness (QED) is 0.654. The summed E-state index contributed by atoms with van der Waals surface area (Å²) in [5, 5.41) is 9.17. The Morgan fingerprint density at radius 2 is 2.18 bits per heavy atom. The topological polar surface area (TPSA) is 33.1 Å². The van der Waals surface area contributed by atoms with Crippen LogP contribution in [0.15, 0.2) is 37.2 Å². The lowest BCUT2D eigenvalue weighted by Gasteiger charge is -2.03. The molecule has 0 fully saturated rings. The predicted molar refractivity (Wildman–Crippen MR) is 44.1 cm³/mol. The summed E-state index contributed by atoms with van der Waals surface area (Å²) in [4.78, 5) is 3.87. The molecule has 0 saturated heterocycles. The molecule has 0 saturated carbocycles. The van der Waals surface area contributed by atoms with E-state index in [0.717, 1.165) is 5.56 Å². The maximum absolute atomic E-state index is 9.17. The molecule has 1 heterocycles. The number of aromatic nitrogens is 1. The monoisotopic (exact) mass is 149 g/mol. The van der Waals surface area contributed by atoms with Gasteiger partial charge in [0.25, 0.3) is 0 Å². The third kappa shape index (κ3) is 2.51. The average Bonchev–Trinajstić information content (AvgIpc) is 2.06. The van der Waals surface area contributed by atoms with E-state index >= 15 is 0 Å². The van der Waals surface area contributed by atoms with Crippen molar-refractivity contribution >= 4 is 0 Å². The molecule has 0 amide bonds. The fourth-order valence-electron chi connectivity index (χ4n) is 0.844. The first-order valence-electron chi connectivity index (χ1n) is 3.52.